The molecule has 0 aliphatic rings. The van der Waals surface area contributed by atoms with Gasteiger partial charge in [-0.25, -0.2) is 0 Å². The third-order valence-corrected chi connectivity index (χ3v) is 3.37. The van der Waals surface area contributed by atoms with Crippen molar-refractivity contribution >= 4 is 12.0 Å². The Morgan fingerprint density at radius 3 is 2.45 bits per heavy atom. The number of hydrogen-bond acceptors (Lipinski definition) is 2. The number of rotatable bonds is 4. The molecule has 0 aliphatic carbocycles. The van der Waals surface area contributed by atoms with E-state index in [4.69, 9.17) is 0 Å². The molecule has 114 valence electrons. The van der Waals surface area contributed by atoms with E-state index >= 15 is 0 Å². The summed E-state index contributed by atoms with van der Waals surface area (Å²) < 4.78 is 0. The van der Waals surface area contributed by atoms with Crippen molar-refractivity contribution in [2.45, 2.75) is 32.7 Å². The number of aromatic nitrogens is 1. The molecule has 2 rings (SSSR count). The fourth-order valence-corrected chi connectivity index (χ4v) is 2.01. The molecule has 2 aromatic rings. The van der Waals surface area contributed by atoms with Gasteiger partial charge in [-0.15, -0.1) is 0 Å². The summed E-state index contributed by atoms with van der Waals surface area (Å²) in [6.07, 6.45) is 5.09. The average Bonchev–Trinajstić information content (AvgIpc) is 2.51. The van der Waals surface area contributed by atoms with Crippen LogP contribution in [0.5, 0.6) is 0 Å². The molecule has 0 radical (unpaired) electrons. The van der Waals surface area contributed by atoms with Gasteiger partial charge < -0.3 is 5.32 Å². The number of nitrogens with zero attached hydrogens (tertiary/aromatic N) is 1. The van der Waals surface area contributed by atoms with Gasteiger partial charge in [0.25, 0.3) is 0 Å². The first-order valence-corrected chi connectivity index (χ1v) is 7.41. The van der Waals surface area contributed by atoms with E-state index in [1.54, 1.807) is 12.3 Å². The average molecular weight is 294 g/mol. The van der Waals surface area contributed by atoms with Crippen LogP contribution in [0.4, 0.5) is 0 Å². The van der Waals surface area contributed by atoms with Crippen LogP contribution >= 0.6 is 0 Å². The minimum Gasteiger partial charge on any atom is -0.347 e. The molecule has 22 heavy (non-hydrogen) atoms. The molecule has 0 fully saturated rings. The van der Waals surface area contributed by atoms with Crippen LogP contribution in [0.25, 0.3) is 6.08 Å². The van der Waals surface area contributed by atoms with E-state index in [1.165, 1.54) is 5.56 Å². The third kappa shape index (κ3) is 4.85. The number of amides is 1. The van der Waals surface area contributed by atoms with Crippen LogP contribution in [-0.4, -0.2) is 10.9 Å². The summed E-state index contributed by atoms with van der Waals surface area (Å²) >= 11 is 0. The number of benzene rings is 1. The third-order valence-electron chi connectivity index (χ3n) is 3.37. The van der Waals surface area contributed by atoms with Gasteiger partial charge in [0.15, 0.2) is 0 Å². The monoisotopic (exact) mass is 294 g/mol. The standard InChI is InChI=1S/C19H22N2O/c1-19(2,3)16-10-7-15(8-11-16)9-12-18(22)21-14-17-6-4-5-13-20-17/h4-13H,14H2,1-3H3,(H,21,22)/b12-9-. The lowest BCUT2D eigenvalue weighted by Crippen LogP contribution is -2.20. The number of carbonyl (C=O) groups excluding carboxylic acids is 1. The van der Waals surface area contributed by atoms with Gasteiger partial charge in [0.05, 0.1) is 12.2 Å². The topological polar surface area (TPSA) is 42.0 Å². The van der Waals surface area contributed by atoms with E-state index in [1.807, 2.05) is 36.4 Å². The first-order chi connectivity index (χ1) is 10.4. The summed E-state index contributed by atoms with van der Waals surface area (Å²) in [7, 11) is 0. The Labute approximate surface area is 132 Å². The predicted molar refractivity (Wildman–Crippen MR) is 90.3 cm³/mol. The highest BCUT2D eigenvalue weighted by molar-refractivity contribution is 5.91. The van der Waals surface area contributed by atoms with Crippen LogP contribution in [0.3, 0.4) is 0 Å². The lowest BCUT2D eigenvalue weighted by atomic mass is 9.87. The summed E-state index contributed by atoms with van der Waals surface area (Å²) in [5, 5.41) is 2.82. The molecule has 0 saturated carbocycles. The van der Waals surface area contributed by atoms with Gasteiger partial charge in [0, 0.05) is 12.3 Å². The van der Waals surface area contributed by atoms with Crippen LogP contribution in [0, 0.1) is 0 Å². The highest BCUT2D eigenvalue weighted by Crippen LogP contribution is 2.22. The van der Waals surface area contributed by atoms with Gasteiger partial charge >= 0.3 is 0 Å². The van der Waals surface area contributed by atoms with Crippen LogP contribution in [0.15, 0.2) is 54.7 Å². The van der Waals surface area contributed by atoms with Crippen molar-refractivity contribution in [2.75, 3.05) is 0 Å². The molecule has 0 aliphatic heterocycles. The Balaban J connectivity index is 1.90. The van der Waals surface area contributed by atoms with Crippen molar-refractivity contribution < 1.29 is 4.79 Å². The first-order valence-electron chi connectivity index (χ1n) is 7.41. The van der Waals surface area contributed by atoms with E-state index in [0.29, 0.717) is 6.54 Å². The van der Waals surface area contributed by atoms with Gasteiger partial charge in [-0.1, -0.05) is 51.1 Å². The molecule has 3 heteroatoms. The Kier molecular flexibility index (Phi) is 5.10. The zero-order chi connectivity index (χ0) is 16.0. The quantitative estimate of drug-likeness (QED) is 0.873. The molecule has 1 N–H and O–H groups in total. The lowest BCUT2D eigenvalue weighted by molar-refractivity contribution is -0.116. The summed E-state index contributed by atoms with van der Waals surface area (Å²) in [4.78, 5) is 16.0. The summed E-state index contributed by atoms with van der Waals surface area (Å²) in [5.74, 6) is -0.120. The highest BCUT2D eigenvalue weighted by Gasteiger charge is 2.12. The predicted octanol–water partition coefficient (Wildman–Crippen LogP) is 3.71. The number of carbonyl (C=O) groups is 1. The van der Waals surface area contributed by atoms with Gasteiger partial charge in [-0.3, -0.25) is 9.78 Å². The van der Waals surface area contributed by atoms with Gasteiger partial charge in [0.1, 0.15) is 0 Å². The Morgan fingerprint density at radius 2 is 1.86 bits per heavy atom. The van der Waals surface area contributed by atoms with Crippen LogP contribution < -0.4 is 5.32 Å². The minimum atomic E-state index is -0.120. The Morgan fingerprint density at radius 1 is 1.14 bits per heavy atom. The van der Waals surface area contributed by atoms with E-state index < -0.39 is 0 Å². The Hall–Kier alpha value is -2.42. The van der Waals surface area contributed by atoms with E-state index in [9.17, 15) is 4.79 Å². The van der Waals surface area contributed by atoms with Crippen LogP contribution in [0.2, 0.25) is 0 Å². The number of hydrogen-bond donors (Lipinski definition) is 1. The molecule has 0 unspecified atom stereocenters. The number of pyridine rings is 1. The maximum absolute atomic E-state index is 11.8. The fraction of sp³-hybridized carbons (Fsp3) is 0.263. The van der Waals surface area contributed by atoms with Crippen molar-refractivity contribution in [3.8, 4) is 0 Å². The SMILES string of the molecule is CC(C)(C)c1ccc(/C=C\C(=O)NCc2ccccn2)cc1. The van der Waals surface area contributed by atoms with Crippen LogP contribution in [-0.2, 0) is 16.8 Å². The van der Waals surface area contributed by atoms with Gasteiger partial charge in [-0.2, -0.15) is 0 Å². The summed E-state index contributed by atoms with van der Waals surface area (Å²) in [6, 6.07) is 13.9. The van der Waals surface area contributed by atoms with E-state index in [2.05, 4.69) is 43.2 Å². The van der Waals surface area contributed by atoms with Crippen molar-refractivity contribution in [1.82, 2.24) is 10.3 Å². The molecular weight excluding hydrogens is 272 g/mol. The minimum absolute atomic E-state index is 0.120. The fourth-order valence-electron chi connectivity index (χ4n) is 2.01. The largest absolute Gasteiger partial charge is 0.347 e. The van der Waals surface area contributed by atoms with E-state index in [0.717, 1.165) is 11.3 Å². The van der Waals surface area contributed by atoms with Crippen LogP contribution in [0.1, 0.15) is 37.6 Å². The van der Waals surface area contributed by atoms with E-state index in [-0.39, 0.29) is 11.3 Å². The molecule has 1 amide bonds. The summed E-state index contributed by atoms with van der Waals surface area (Å²) in [6.45, 7) is 6.99. The highest BCUT2D eigenvalue weighted by atomic mass is 16.1. The zero-order valence-electron chi connectivity index (χ0n) is 13.3. The summed E-state index contributed by atoms with van der Waals surface area (Å²) in [5.41, 5.74) is 3.28. The smallest absolute Gasteiger partial charge is 0.244 e. The van der Waals surface area contributed by atoms with Crippen molar-refractivity contribution in [1.29, 1.82) is 0 Å². The molecular formula is C19H22N2O. The van der Waals surface area contributed by atoms with Gasteiger partial charge in [-0.05, 0) is 34.8 Å². The molecule has 3 nitrogen and oxygen atoms in total. The molecule has 0 saturated heterocycles. The zero-order valence-corrected chi connectivity index (χ0v) is 13.3. The van der Waals surface area contributed by atoms with Crippen molar-refractivity contribution in [3.05, 3.63) is 71.6 Å². The van der Waals surface area contributed by atoms with Crippen molar-refractivity contribution in [2.24, 2.45) is 0 Å². The maximum atomic E-state index is 11.8. The molecule has 1 aromatic carbocycles. The van der Waals surface area contributed by atoms with Crippen molar-refractivity contribution in [3.63, 3.8) is 0 Å². The second-order valence-corrected chi connectivity index (χ2v) is 6.24. The maximum Gasteiger partial charge on any atom is 0.244 e. The molecule has 1 aromatic heterocycles. The second kappa shape index (κ2) is 7.03. The molecule has 0 bridgehead atoms. The second-order valence-electron chi connectivity index (χ2n) is 6.24. The Bertz CT molecular complexity index is 637. The van der Waals surface area contributed by atoms with Gasteiger partial charge in [0.2, 0.25) is 5.91 Å². The molecule has 0 spiro atoms. The number of nitrogens with one attached hydrogen (secondary N) is 1. The molecule has 0 atom stereocenters. The normalized spacial score (nSPS) is 11.6. The molecule has 1 heterocycles. The lowest BCUT2D eigenvalue weighted by Gasteiger charge is -2.18. The first kappa shape index (κ1) is 16.0.